The molecule has 0 aromatic rings. The number of fused-ring (bicyclic) bond motifs is 5. The van der Waals surface area contributed by atoms with Crippen LogP contribution in [0, 0.1) is 17.8 Å². The molecule has 4 atom stereocenters. The van der Waals surface area contributed by atoms with Crippen molar-refractivity contribution in [2.75, 3.05) is 47.3 Å². The number of ether oxygens (including phenoxy) is 3. The number of imide groups is 1. The number of carbonyl (C=O) groups is 2. The van der Waals surface area contributed by atoms with Crippen molar-refractivity contribution in [1.82, 2.24) is 9.80 Å². The molecular formula is C21H34N2O5W. The normalized spacial score (nSPS) is 32.8. The standard InChI is InChI=1S/C16H22N2O3.C3H6O2.C2H6.W/c1-17-7-8-21-14-12-11(15(19)18(2)16(12)20)9-5-3-4-6-10(9)13(14)17;1-2-5-3-4-1;1-2;/h9,11-12,14H,3-8H2,1-2H3;1-3H2;1-2H3;. The Balaban J connectivity index is 0.000000325. The Bertz CT molecular complexity index is 615. The van der Waals surface area contributed by atoms with Crippen LogP contribution in [-0.2, 0) is 44.9 Å². The largest absolute Gasteiger partial charge is 0.373 e. The average Bonchev–Trinajstić information content (AvgIpc) is 3.38. The van der Waals surface area contributed by atoms with E-state index in [1.807, 2.05) is 13.8 Å². The molecule has 4 fully saturated rings. The monoisotopic (exact) mass is 578 g/mol. The molecule has 8 heteroatoms. The van der Waals surface area contributed by atoms with Gasteiger partial charge in [0.25, 0.3) is 0 Å². The van der Waals surface area contributed by atoms with Gasteiger partial charge in [0, 0.05) is 47.4 Å². The molecule has 0 N–H and O–H groups in total. The third-order valence-electron chi connectivity index (χ3n) is 6.31. The molecule has 2 aliphatic carbocycles. The molecular weight excluding hydrogens is 544 g/mol. The number of amides is 2. The van der Waals surface area contributed by atoms with Gasteiger partial charge in [0.05, 0.1) is 31.7 Å². The van der Waals surface area contributed by atoms with Crippen molar-refractivity contribution in [3.63, 3.8) is 0 Å². The third-order valence-corrected chi connectivity index (χ3v) is 6.31. The number of nitrogens with zero attached hydrogens (tertiary/aromatic N) is 2. The van der Waals surface area contributed by atoms with Crippen LogP contribution in [0.25, 0.3) is 0 Å². The maximum atomic E-state index is 12.6. The Morgan fingerprint density at radius 3 is 2.21 bits per heavy atom. The van der Waals surface area contributed by atoms with Gasteiger partial charge in [0.1, 0.15) is 12.9 Å². The fourth-order valence-electron chi connectivity index (χ4n) is 5.09. The number of carbonyl (C=O) groups excluding carboxylic acids is 2. The molecule has 5 rings (SSSR count). The van der Waals surface area contributed by atoms with Crippen LogP contribution in [0.2, 0.25) is 0 Å². The van der Waals surface area contributed by atoms with E-state index in [0.29, 0.717) is 13.4 Å². The maximum absolute atomic E-state index is 12.6. The van der Waals surface area contributed by atoms with Crippen molar-refractivity contribution >= 4 is 11.8 Å². The van der Waals surface area contributed by atoms with E-state index >= 15 is 0 Å². The fourth-order valence-corrected chi connectivity index (χ4v) is 5.09. The Labute approximate surface area is 188 Å². The molecule has 4 unspecified atom stereocenters. The second-order valence-corrected chi connectivity index (χ2v) is 7.70. The second kappa shape index (κ2) is 11.0. The Kier molecular flexibility index (Phi) is 9.33. The van der Waals surface area contributed by atoms with E-state index in [-0.39, 0.29) is 56.7 Å². The summed E-state index contributed by atoms with van der Waals surface area (Å²) in [7, 11) is 3.71. The van der Waals surface area contributed by atoms with Gasteiger partial charge in [0.15, 0.2) is 0 Å². The molecule has 164 valence electrons. The quantitative estimate of drug-likeness (QED) is 0.410. The van der Waals surface area contributed by atoms with Crippen LogP contribution in [0.4, 0.5) is 0 Å². The van der Waals surface area contributed by atoms with E-state index < -0.39 is 0 Å². The van der Waals surface area contributed by atoms with Crippen molar-refractivity contribution in [1.29, 1.82) is 0 Å². The van der Waals surface area contributed by atoms with E-state index in [1.165, 1.54) is 22.6 Å². The molecule has 0 aromatic carbocycles. The van der Waals surface area contributed by atoms with Crippen LogP contribution < -0.4 is 0 Å². The zero-order valence-electron chi connectivity index (χ0n) is 18.0. The topological polar surface area (TPSA) is 68.3 Å². The SMILES string of the molecule is C1COCO1.CC.CN1CCOC2C1=C1CCCCC1C1C(=O)N(C)C(=O)C21.[W]. The molecule has 3 saturated heterocycles. The number of allylic oxidation sites excluding steroid dienone is 1. The maximum Gasteiger partial charge on any atom is 0.235 e. The Morgan fingerprint density at radius 1 is 0.931 bits per heavy atom. The number of rotatable bonds is 0. The first-order valence-electron chi connectivity index (χ1n) is 10.6. The number of morpholine rings is 1. The van der Waals surface area contributed by atoms with E-state index in [9.17, 15) is 9.59 Å². The van der Waals surface area contributed by atoms with Gasteiger partial charge >= 0.3 is 0 Å². The smallest absolute Gasteiger partial charge is 0.235 e. The summed E-state index contributed by atoms with van der Waals surface area (Å²) in [6, 6.07) is 0. The predicted octanol–water partition coefficient (Wildman–Crippen LogP) is 2.02. The summed E-state index contributed by atoms with van der Waals surface area (Å²) in [6.07, 6.45) is 4.22. The van der Waals surface area contributed by atoms with Crippen LogP contribution in [0.1, 0.15) is 39.5 Å². The molecule has 1 saturated carbocycles. The number of likely N-dealkylation sites (tertiary alicyclic amines) is 1. The summed E-state index contributed by atoms with van der Waals surface area (Å²) in [5.41, 5.74) is 2.61. The molecule has 0 aromatic heterocycles. The van der Waals surface area contributed by atoms with Crippen molar-refractivity contribution in [3.05, 3.63) is 11.3 Å². The Hall–Kier alpha value is -0.752. The summed E-state index contributed by atoms with van der Waals surface area (Å²) in [5, 5.41) is 0. The summed E-state index contributed by atoms with van der Waals surface area (Å²) in [5.74, 6) is -0.275. The molecule has 2 amide bonds. The zero-order valence-corrected chi connectivity index (χ0v) is 21.0. The zero-order chi connectivity index (χ0) is 20.3. The van der Waals surface area contributed by atoms with Crippen molar-refractivity contribution < 1.29 is 44.9 Å². The van der Waals surface area contributed by atoms with Gasteiger partial charge in [-0.05, 0) is 30.8 Å². The van der Waals surface area contributed by atoms with E-state index in [2.05, 4.69) is 11.9 Å². The van der Waals surface area contributed by atoms with Crippen molar-refractivity contribution in [2.45, 2.75) is 45.6 Å². The van der Waals surface area contributed by atoms with Crippen LogP contribution in [0.5, 0.6) is 0 Å². The van der Waals surface area contributed by atoms with Gasteiger partial charge in [0.2, 0.25) is 11.8 Å². The van der Waals surface area contributed by atoms with E-state index in [1.54, 1.807) is 7.05 Å². The van der Waals surface area contributed by atoms with Crippen LogP contribution >= 0.6 is 0 Å². The Morgan fingerprint density at radius 2 is 1.59 bits per heavy atom. The number of likely N-dealkylation sites (N-methyl/N-ethyl adjacent to an activating group) is 1. The molecule has 29 heavy (non-hydrogen) atoms. The van der Waals surface area contributed by atoms with Crippen LogP contribution in [-0.4, -0.2) is 75.0 Å². The minimum Gasteiger partial charge on any atom is -0.373 e. The predicted molar refractivity (Wildman–Crippen MR) is 104 cm³/mol. The number of hydrogen-bond acceptors (Lipinski definition) is 6. The molecule has 3 aliphatic heterocycles. The molecule has 7 nitrogen and oxygen atoms in total. The van der Waals surface area contributed by atoms with Gasteiger partial charge in [-0.1, -0.05) is 20.3 Å². The van der Waals surface area contributed by atoms with E-state index in [4.69, 9.17) is 14.2 Å². The number of hydrogen-bond donors (Lipinski definition) is 0. The minimum atomic E-state index is -0.299. The first-order chi connectivity index (χ1) is 13.6. The van der Waals surface area contributed by atoms with Crippen molar-refractivity contribution in [2.24, 2.45) is 17.8 Å². The summed E-state index contributed by atoms with van der Waals surface area (Å²) < 4.78 is 15.4. The first kappa shape index (κ1) is 24.5. The average molecular weight is 578 g/mol. The summed E-state index contributed by atoms with van der Waals surface area (Å²) >= 11 is 0. The summed E-state index contributed by atoms with van der Waals surface area (Å²) in [4.78, 5) is 28.7. The van der Waals surface area contributed by atoms with Gasteiger partial charge in [-0.25, -0.2) is 0 Å². The van der Waals surface area contributed by atoms with Gasteiger partial charge < -0.3 is 19.1 Å². The van der Waals surface area contributed by atoms with Crippen LogP contribution in [0.15, 0.2) is 11.3 Å². The minimum absolute atomic E-state index is 0. The second-order valence-electron chi connectivity index (χ2n) is 7.70. The molecule has 3 heterocycles. The van der Waals surface area contributed by atoms with Crippen LogP contribution in [0.3, 0.4) is 0 Å². The van der Waals surface area contributed by atoms with Gasteiger partial charge in [-0.2, -0.15) is 0 Å². The van der Waals surface area contributed by atoms with Crippen molar-refractivity contribution in [3.8, 4) is 0 Å². The van der Waals surface area contributed by atoms with E-state index in [0.717, 1.165) is 39.0 Å². The molecule has 0 spiro atoms. The molecule has 0 bridgehead atoms. The van der Waals surface area contributed by atoms with Gasteiger partial charge in [-0.15, -0.1) is 0 Å². The first-order valence-corrected chi connectivity index (χ1v) is 10.6. The fraction of sp³-hybridized carbons (Fsp3) is 0.810. The summed E-state index contributed by atoms with van der Waals surface area (Å²) in [6.45, 7) is 7.56. The third kappa shape index (κ3) is 4.63. The molecule has 5 aliphatic rings. The molecule has 0 radical (unpaired) electrons. The van der Waals surface area contributed by atoms with Gasteiger partial charge in [-0.3, -0.25) is 14.5 Å².